The first-order chi connectivity index (χ1) is 27.2. The quantitative estimate of drug-likeness (QED) is 0.169. The van der Waals surface area contributed by atoms with E-state index in [1.165, 1.54) is 10.8 Å². The molecule has 8 aromatic carbocycles. The smallest absolute Gasteiger partial charge is 0.189 e. The average molecular weight is 700 g/mol. The fourth-order valence-electron chi connectivity index (χ4n) is 8.76. The van der Waals surface area contributed by atoms with Crippen molar-refractivity contribution >= 4 is 71.1 Å². The van der Waals surface area contributed by atoms with Crippen molar-refractivity contribution < 1.29 is 0 Å². The van der Waals surface area contributed by atoms with E-state index in [1.54, 1.807) is 0 Å². The number of nitrogens with zero attached hydrogens (tertiary/aromatic N) is 5. The minimum absolute atomic E-state index is 0.587. The fourth-order valence-corrected chi connectivity index (χ4v) is 8.76. The third-order valence-electron chi connectivity index (χ3n) is 11.1. The van der Waals surface area contributed by atoms with E-state index in [9.17, 15) is 5.26 Å². The van der Waals surface area contributed by atoms with Crippen LogP contribution in [-0.2, 0) is 0 Å². The zero-order valence-corrected chi connectivity index (χ0v) is 29.5. The first-order valence-electron chi connectivity index (χ1n) is 18.3. The lowest BCUT2D eigenvalue weighted by atomic mass is 10.0. The minimum atomic E-state index is 0.587. The van der Waals surface area contributed by atoms with Crippen LogP contribution in [0.5, 0.6) is 0 Å². The van der Waals surface area contributed by atoms with Crippen molar-refractivity contribution in [2.75, 3.05) is 0 Å². The third kappa shape index (κ3) is 4.45. The second-order valence-corrected chi connectivity index (χ2v) is 14.0. The summed E-state index contributed by atoms with van der Waals surface area (Å²) in [5.41, 5.74) is 12.7. The zero-order valence-electron chi connectivity index (χ0n) is 29.5. The minimum Gasteiger partial charge on any atom is -0.310 e. The number of rotatable bonds is 4. The number of para-hydroxylation sites is 5. The van der Waals surface area contributed by atoms with Gasteiger partial charge in [-0.1, -0.05) is 115 Å². The van der Waals surface area contributed by atoms with Gasteiger partial charge in [0.25, 0.3) is 0 Å². The standard InChI is InChI=1S/C50H29N5/c1-52-34-25-27-41-39-16-2-6-19-43(39)53(49(41)30-34)35-13-10-12-33(29-35)36-26-24-32(31-51)28-48(36)55-46-22-9-5-17-40(46)42-18-11-23-47(50(42)55)54-44-20-7-3-14-37(44)38-15-4-8-21-45(38)54/h2-30H. The van der Waals surface area contributed by atoms with Crippen LogP contribution in [0.1, 0.15) is 5.56 Å². The largest absolute Gasteiger partial charge is 0.310 e. The van der Waals surface area contributed by atoms with E-state index >= 15 is 0 Å². The Morgan fingerprint density at radius 2 is 1.00 bits per heavy atom. The highest BCUT2D eigenvalue weighted by molar-refractivity contribution is 6.15. The summed E-state index contributed by atoms with van der Waals surface area (Å²) in [5.74, 6) is 0. The van der Waals surface area contributed by atoms with Crippen LogP contribution in [0.25, 0.3) is 98.5 Å². The van der Waals surface area contributed by atoms with Gasteiger partial charge in [0.15, 0.2) is 5.69 Å². The normalized spacial score (nSPS) is 11.6. The zero-order chi connectivity index (χ0) is 36.6. The maximum atomic E-state index is 10.3. The summed E-state index contributed by atoms with van der Waals surface area (Å²) < 4.78 is 7.00. The van der Waals surface area contributed by atoms with E-state index in [0.717, 1.165) is 82.8 Å². The van der Waals surface area contributed by atoms with Crippen LogP contribution in [0.2, 0.25) is 0 Å². The van der Waals surface area contributed by atoms with Crippen LogP contribution in [-0.4, -0.2) is 13.7 Å². The van der Waals surface area contributed by atoms with Gasteiger partial charge in [0.05, 0.1) is 57.2 Å². The molecule has 0 aliphatic rings. The molecule has 5 nitrogen and oxygen atoms in total. The Balaban J connectivity index is 1.22. The molecule has 11 rings (SSSR count). The molecule has 0 unspecified atom stereocenters. The van der Waals surface area contributed by atoms with Crippen LogP contribution in [0.4, 0.5) is 5.69 Å². The summed E-state index contributed by atoms with van der Waals surface area (Å²) in [6, 6.07) is 63.7. The van der Waals surface area contributed by atoms with Crippen molar-refractivity contribution in [3.63, 3.8) is 0 Å². The molecular weight excluding hydrogens is 671 g/mol. The molecule has 3 aromatic heterocycles. The molecule has 254 valence electrons. The molecule has 0 aliphatic heterocycles. The van der Waals surface area contributed by atoms with Crippen molar-refractivity contribution in [2.45, 2.75) is 0 Å². The molecule has 0 aliphatic carbocycles. The van der Waals surface area contributed by atoms with Crippen LogP contribution in [0.15, 0.2) is 176 Å². The second kappa shape index (κ2) is 11.8. The van der Waals surface area contributed by atoms with Crippen LogP contribution in [0.3, 0.4) is 0 Å². The highest BCUT2D eigenvalue weighted by atomic mass is 15.1. The van der Waals surface area contributed by atoms with E-state index < -0.39 is 0 Å². The van der Waals surface area contributed by atoms with Gasteiger partial charge in [-0.05, 0) is 66.2 Å². The predicted octanol–water partition coefficient (Wildman–Crippen LogP) is 13.1. The molecule has 0 radical (unpaired) electrons. The third-order valence-corrected chi connectivity index (χ3v) is 11.1. The number of aromatic nitrogens is 3. The molecule has 3 heterocycles. The maximum absolute atomic E-state index is 10.3. The topological polar surface area (TPSA) is 42.9 Å². The highest BCUT2D eigenvalue weighted by Gasteiger charge is 2.22. The maximum Gasteiger partial charge on any atom is 0.189 e. The van der Waals surface area contributed by atoms with E-state index in [4.69, 9.17) is 6.57 Å². The monoisotopic (exact) mass is 699 g/mol. The molecule has 55 heavy (non-hydrogen) atoms. The van der Waals surface area contributed by atoms with Gasteiger partial charge in [0.2, 0.25) is 0 Å². The summed E-state index contributed by atoms with van der Waals surface area (Å²) in [7, 11) is 0. The average Bonchev–Trinajstić information content (AvgIpc) is 3.89. The molecule has 0 saturated heterocycles. The predicted molar refractivity (Wildman–Crippen MR) is 226 cm³/mol. The first kappa shape index (κ1) is 30.7. The lowest BCUT2D eigenvalue weighted by Gasteiger charge is -2.18. The summed E-state index contributed by atoms with van der Waals surface area (Å²) >= 11 is 0. The number of benzene rings is 8. The Morgan fingerprint density at radius 3 is 1.65 bits per heavy atom. The Morgan fingerprint density at radius 1 is 0.436 bits per heavy atom. The second-order valence-electron chi connectivity index (χ2n) is 14.0. The Kier molecular flexibility index (Phi) is 6.61. The summed E-state index contributed by atoms with van der Waals surface area (Å²) in [6.45, 7) is 7.74. The number of fused-ring (bicyclic) bond motifs is 9. The molecule has 0 fully saturated rings. The fraction of sp³-hybridized carbons (Fsp3) is 0. The number of nitriles is 1. The Bertz CT molecular complexity index is 3420. The lowest BCUT2D eigenvalue weighted by Crippen LogP contribution is -2.03. The van der Waals surface area contributed by atoms with Crippen LogP contribution in [0, 0.1) is 17.9 Å². The van der Waals surface area contributed by atoms with E-state index in [1.807, 2.05) is 24.3 Å². The molecule has 11 aromatic rings. The summed E-state index contributed by atoms with van der Waals surface area (Å²) in [6.07, 6.45) is 0. The number of hydrogen-bond donors (Lipinski definition) is 0. The number of hydrogen-bond acceptors (Lipinski definition) is 1. The first-order valence-corrected chi connectivity index (χ1v) is 18.3. The molecule has 0 bridgehead atoms. The molecule has 0 N–H and O–H groups in total. The Labute approximate surface area is 316 Å². The highest BCUT2D eigenvalue weighted by Crippen LogP contribution is 2.42. The van der Waals surface area contributed by atoms with Gasteiger partial charge in [-0.15, -0.1) is 0 Å². The van der Waals surface area contributed by atoms with Crippen molar-refractivity contribution in [1.29, 1.82) is 5.26 Å². The molecule has 0 amide bonds. The van der Waals surface area contributed by atoms with Crippen LogP contribution >= 0.6 is 0 Å². The molecule has 5 heteroatoms. The van der Waals surface area contributed by atoms with Crippen molar-refractivity contribution in [1.82, 2.24) is 13.7 Å². The van der Waals surface area contributed by atoms with E-state index in [0.29, 0.717) is 11.3 Å². The van der Waals surface area contributed by atoms with Crippen molar-refractivity contribution in [3.8, 4) is 34.3 Å². The molecule has 0 spiro atoms. The van der Waals surface area contributed by atoms with Gasteiger partial charge in [0.1, 0.15) is 0 Å². The van der Waals surface area contributed by atoms with Gasteiger partial charge < -0.3 is 13.7 Å². The molecular formula is C50H29N5. The van der Waals surface area contributed by atoms with Gasteiger partial charge in [-0.2, -0.15) is 5.26 Å². The molecule has 0 saturated carbocycles. The van der Waals surface area contributed by atoms with Gasteiger partial charge in [-0.25, -0.2) is 4.85 Å². The van der Waals surface area contributed by atoms with Crippen molar-refractivity contribution in [2.24, 2.45) is 0 Å². The Hall–Kier alpha value is -7.86. The summed E-state index contributed by atoms with van der Waals surface area (Å²) in [4.78, 5) is 3.76. The summed E-state index contributed by atoms with van der Waals surface area (Å²) in [5, 5.41) is 17.2. The van der Waals surface area contributed by atoms with Gasteiger partial charge >= 0.3 is 0 Å². The SMILES string of the molecule is [C-]#[N+]c1ccc2c3ccccc3n(-c3cccc(-c4ccc(C#N)cc4-n4c5ccccc5c5cccc(-n6c7ccccc7c7ccccc76)c54)c3)c2c1. The molecule has 0 atom stereocenters. The van der Waals surface area contributed by atoms with Gasteiger partial charge in [0, 0.05) is 49.1 Å². The lowest BCUT2D eigenvalue weighted by molar-refractivity contribution is 1.13. The van der Waals surface area contributed by atoms with Crippen molar-refractivity contribution in [3.05, 3.63) is 193 Å². The van der Waals surface area contributed by atoms with E-state index in [2.05, 4.69) is 176 Å². The van der Waals surface area contributed by atoms with E-state index in [-0.39, 0.29) is 0 Å². The van der Waals surface area contributed by atoms with Crippen LogP contribution < -0.4 is 0 Å². The van der Waals surface area contributed by atoms with Gasteiger partial charge in [-0.3, -0.25) is 0 Å².